The van der Waals surface area contributed by atoms with E-state index in [1.165, 1.54) is 0 Å². The molecule has 1 N–H and O–H groups in total. The fraction of sp³-hybridized carbons (Fsp3) is 0.923. The molecular weight excluding hydrogens is 216 g/mol. The molecule has 0 aliphatic carbocycles. The molecule has 4 nitrogen and oxygen atoms in total. The van der Waals surface area contributed by atoms with Crippen molar-refractivity contribution in [2.24, 2.45) is 5.92 Å². The van der Waals surface area contributed by atoms with E-state index in [-0.39, 0.29) is 12.0 Å². The largest absolute Gasteiger partial charge is 0.393 e. The Morgan fingerprint density at radius 1 is 1.41 bits per heavy atom. The van der Waals surface area contributed by atoms with Gasteiger partial charge < -0.3 is 14.9 Å². The van der Waals surface area contributed by atoms with Crippen molar-refractivity contribution < 1.29 is 9.90 Å². The molecule has 1 unspecified atom stereocenters. The normalized spacial score (nSPS) is 19.7. The van der Waals surface area contributed by atoms with E-state index >= 15 is 0 Å². The first kappa shape index (κ1) is 14.5. The number of likely N-dealkylation sites (tertiary alicyclic amines) is 1. The van der Waals surface area contributed by atoms with Crippen LogP contribution in [-0.4, -0.2) is 60.6 Å². The molecule has 0 aromatic heterocycles. The highest BCUT2D eigenvalue weighted by atomic mass is 16.3. The minimum Gasteiger partial charge on any atom is -0.393 e. The van der Waals surface area contributed by atoms with Gasteiger partial charge in [0.1, 0.15) is 0 Å². The van der Waals surface area contributed by atoms with Crippen LogP contribution in [0.4, 0.5) is 0 Å². The van der Waals surface area contributed by atoms with E-state index < -0.39 is 0 Å². The van der Waals surface area contributed by atoms with E-state index in [0.717, 1.165) is 38.4 Å². The number of hydrogen-bond acceptors (Lipinski definition) is 3. The molecule has 1 aliphatic heterocycles. The third kappa shape index (κ3) is 5.50. The number of rotatable bonds is 5. The summed E-state index contributed by atoms with van der Waals surface area (Å²) < 4.78 is 0. The lowest BCUT2D eigenvalue weighted by Gasteiger charge is -2.33. The maximum atomic E-state index is 11.8. The molecule has 0 radical (unpaired) electrons. The summed E-state index contributed by atoms with van der Waals surface area (Å²) in [5.74, 6) is 0.931. The van der Waals surface area contributed by atoms with Crippen molar-refractivity contribution in [3.8, 4) is 0 Å². The number of amides is 1. The first-order chi connectivity index (χ1) is 7.99. The quantitative estimate of drug-likeness (QED) is 0.780. The lowest BCUT2D eigenvalue weighted by atomic mass is 9.96. The maximum Gasteiger partial charge on any atom is 0.222 e. The van der Waals surface area contributed by atoms with Crippen molar-refractivity contribution in [1.29, 1.82) is 0 Å². The Labute approximate surface area is 105 Å². The van der Waals surface area contributed by atoms with Gasteiger partial charge in [-0.25, -0.2) is 0 Å². The summed E-state index contributed by atoms with van der Waals surface area (Å²) in [4.78, 5) is 16.0. The standard InChI is InChI=1S/C13H26N2O2/c1-11(16)4-5-13(17)15-8-6-12(7-9-15)10-14(2)3/h11-12,16H,4-10H2,1-3H3. The van der Waals surface area contributed by atoms with Gasteiger partial charge in [-0.1, -0.05) is 0 Å². The molecule has 1 heterocycles. The van der Waals surface area contributed by atoms with Crippen molar-refractivity contribution in [3.05, 3.63) is 0 Å². The molecule has 1 rings (SSSR count). The minimum atomic E-state index is -0.370. The first-order valence-corrected chi connectivity index (χ1v) is 6.59. The van der Waals surface area contributed by atoms with Crippen LogP contribution in [-0.2, 0) is 4.79 Å². The Bertz CT molecular complexity index is 234. The maximum absolute atomic E-state index is 11.8. The van der Waals surface area contributed by atoms with Crippen molar-refractivity contribution in [1.82, 2.24) is 9.80 Å². The highest BCUT2D eigenvalue weighted by molar-refractivity contribution is 5.76. The number of hydrogen-bond donors (Lipinski definition) is 1. The summed E-state index contributed by atoms with van der Waals surface area (Å²) in [6.45, 7) is 4.63. The second-order valence-corrected chi connectivity index (χ2v) is 5.47. The Balaban J connectivity index is 2.24. The molecule has 1 fully saturated rings. The van der Waals surface area contributed by atoms with Gasteiger partial charge in [0.05, 0.1) is 6.10 Å². The van der Waals surface area contributed by atoms with Crippen LogP contribution in [0.1, 0.15) is 32.6 Å². The molecule has 0 bridgehead atoms. The van der Waals surface area contributed by atoms with Crippen molar-refractivity contribution in [2.45, 2.75) is 38.7 Å². The smallest absolute Gasteiger partial charge is 0.222 e. The van der Waals surface area contributed by atoms with E-state index in [9.17, 15) is 4.79 Å². The van der Waals surface area contributed by atoms with Gasteiger partial charge >= 0.3 is 0 Å². The second kappa shape index (κ2) is 6.97. The van der Waals surface area contributed by atoms with Crippen LogP contribution in [0.5, 0.6) is 0 Å². The Hall–Kier alpha value is -0.610. The second-order valence-electron chi connectivity index (χ2n) is 5.47. The van der Waals surface area contributed by atoms with Gasteiger partial charge in [-0.2, -0.15) is 0 Å². The van der Waals surface area contributed by atoms with E-state index in [4.69, 9.17) is 5.11 Å². The fourth-order valence-electron chi connectivity index (χ4n) is 2.37. The number of nitrogens with zero attached hydrogens (tertiary/aromatic N) is 2. The third-order valence-electron chi connectivity index (χ3n) is 3.37. The van der Waals surface area contributed by atoms with E-state index in [1.54, 1.807) is 6.92 Å². The van der Waals surface area contributed by atoms with Gasteiger partial charge in [-0.05, 0) is 46.2 Å². The third-order valence-corrected chi connectivity index (χ3v) is 3.37. The van der Waals surface area contributed by atoms with E-state index in [0.29, 0.717) is 12.8 Å². The highest BCUT2D eigenvalue weighted by Gasteiger charge is 2.22. The van der Waals surface area contributed by atoms with Gasteiger partial charge in [0.2, 0.25) is 5.91 Å². The Morgan fingerprint density at radius 2 is 2.00 bits per heavy atom. The average Bonchev–Trinajstić information content (AvgIpc) is 2.26. The molecule has 0 spiro atoms. The van der Waals surface area contributed by atoms with E-state index in [2.05, 4.69) is 19.0 Å². The van der Waals surface area contributed by atoms with Gasteiger partial charge in [0, 0.05) is 26.1 Å². The molecule has 0 saturated carbocycles. The molecule has 1 saturated heterocycles. The summed E-state index contributed by atoms with van der Waals surface area (Å²) in [7, 11) is 4.19. The highest BCUT2D eigenvalue weighted by Crippen LogP contribution is 2.18. The van der Waals surface area contributed by atoms with Crippen molar-refractivity contribution in [2.75, 3.05) is 33.7 Å². The van der Waals surface area contributed by atoms with Crippen molar-refractivity contribution >= 4 is 5.91 Å². The van der Waals surface area contributed by atoms with E-state index in [1.807, 2.05) is 4.90 Å². The Morgan fingerprint density at radius 3 is 2.47 bits per heavy atom. The molecule has 0 aromatic carbocycles. The lowest BCUT2D eigenvalue weighted by molar-refractivity contribution is -0.133. The van der Waals surface area contributed by atoms with Gasteiger partial charge in [-0.15, -0.1) is 0 Å². The molecule has 17 heavy (non-hydrogen) atoms. The number of piperidine rings is 1. The van der Waals surface area contributed by atoms with Gasteiger partial charge in [0.25, 0.3) is 0 Å². The number of aliphatic hydroxyl groups is 1. The molecule has 0 aromatic rings. The molecule has 1 atom stereocenters. The molecule has 1 amide bonds. The van der Waals surface area contributed by atoms with Crippen LogP contribution in [0.25, 0.3) is 0 Å². The molecule has 1 aliphatic rings. The van der Waals surface area contributed by atoms with Crippen LogP contribution in [0.2, 0.25) is 0 Å². The number of aliphatic hydroxyl groups excluding tert-OH is 1. The molecule has 100 valence electrons. The molecular formula is C13H26N2O2. The zero-order valence-corrected chi connectivity index (χ0v) is 11.4. The summed E-state index contributed by atoms with van der Waals surface area (Å²) in [5, 5.41) is 9.16. The number of carbonyl (C=O) groups is 1. The number of carbonyl (C=O) groups excluding carboxylic acids is 1. The monoisotopic (exact) mass is 242 g/mol. The Kier molecular flexibility index (Phi) is 5.92. The summed E-state index contributed by atoms with van der Waals surface area (Å²) in [6.07, 6.45) is 2.91. The molecule has 4 heteroatoms. The lowest BCUT2D eigenvalue weighted by Crippen LogP contribution is -2.40. The average molecular weight is 242 g/mol. The van der Waals surface area contributed by atoms with Crippen LogP contribution in [0.15, 0.2) is 0 Å². The summed E-state index contributed by atoms with van der Waals surface area (Å²) in [6, 6.07) is 0. The summed E-state index contributed by atoms with van der Waals surface area (Å²) in [5.41, 5.74) is 0. The van der Waals surface area contributed by atoms with Gasteiger partial charge in [-0.3, -0.25) is 4.79 Å². The topological polar surface area (TPSA) is 43.8 Å². The zero-order valence-electron chi connectivity index (χ0n) is 11.4. The fourth-order valence-corrected chi connectivity index (χ4v) is 2.37. The SMILES string of the molecule is CC(O)CCC(=O)N1CCC(CN(C)C)CC1. The van der Waals surface area contributed by atoms with Crippen LogP contribution in [0.3, 0.4) is 0 Å². The predicted molar refractivity (Wildman–Crippen MR) is 68.8 cm³/mol. The van der Waals surface area contributed by atoms with Crippen LogP contribution >= 0.6 is 0 Å². The van der Waals surface area contributed by atoms with Crippen molar-refractivity contribution in [3.63, 3.8) is 0 Å². The predicted octanol–water partition coefficient (Wildman–Crippen LogP) is 0.948. The first-order valence-electron chi connectivity index (χ1n) is 6.59. The minimum absolute atomic E-state index is 0.203. The zero-order chi connectivity index (χ0) is 12.8. The van der Waals surface area contributed by atoms with Crippen LogP contribution < -0.4 is 0 Å². The van der Waals surface area contributed by atoms with Crippen LogP contribution in [0, 0.1) is 5.92 Å². The summed E-state index contributed by atoms with van der Waals surface area (Å²) >= 11 is 0. The van der Waals surface area contributed by atoms with Gasteiger partial charge in [0.15, 0.2) is 0 Å².